The fourth-order valence-corrected chi connectivity index (χ4v) is 4.69. The summed E-state index contributed by atoms with van der Waals surface area (Å²) < 4.78 is 32.6. The summed E-state index contributed by atoms with van der Waals surface area (Å²) in [4.78, 5) is 1.23. The molecule has 116 valence electrons. The largest absolute Gasteiger partial charge is 0.472 e. The number of rotatable bonds is 7. The van der Waals surface area contributed by atoms with Crippen LogP contribution in [0.3, 0.4) is 0 Å². The lowest BCUT2D eigenvalue weighted by atomic mass is 10.3. The molecule has 0 amide bonds. The van der Waals surface area contributed by atoms with E-state index in [0.717, 1.165) is 16.0 Å². The monoisotopic (exact) mass is 328 g/mol. The summed E-state index contributed by atoms with van der Waals surface area (Å²) in [5.41, 5.74) is 1.58. The Balaban J connectivity index is 2.16. The maximum Gasteiger partial charge on any atom is 0.242 e. The van der Waals surface area contributed by atoms with E-state index in [9.17, 15) is 8.42 Å². The van der Waals surface area contributed by atoms with Gasteiger partial charge in [0.15, 0.2) is 0 Å². The van der Waals surface area contributed by atoms with Crippen molar-refractivity contribution in [1.82, 2.24) is 10.0 Å². The minimum atomic E-state index is -3.52. The normalized spacial score (nSPS) is 12.2. The van der Waals surface area contributed by atoms with Crippen molar-refractivity contribution >= 4 is 21.4 Å². The Bertz CT molecular complexity index is 673. The summed E-state index contributed by atoms with van der Waals surface area (Å²) in [6, 6.07) is 2.05. The van der Waals surface area contributed by atoms with E-state index >= 15 is 0 Å². The Hall–Kier alpha value is -1.15. The van der Waals surface area contributed by atoms with Gasteiger partial charge >= 0.3 is 0 Å². The molecule has 2 rings (SSSR count). The van der Waals surface area contributed by atoms with Gasteiger partial charge in [-0.25, -0.2) is 13.1 Å². The van der Waals surface area contributed by atoms with E-state index in [4.69, 9.17) is 4.42 Å². The van der Waals surface area contributed by atoms with E-state index in [1.165, 1.54) is 23.9 Å². The van der Waals surface area contributed by atoms with Gasteiger partial charge in [-0.05, 0) is 23.9 Å². The molecular formula is C14H20N2O3S2. The highest BCUT2D eigenvalue weighted by Gasteiger charge is 2.22. The number of furan rings is 1. The van der Waals surface area contributed by atoms with Crippen molar-refractivity contribution in [3.63, 3.8) is 0 Å². The van der Waals surface area contributed by atoms with Crippen molar-refractivity contribution in [2.24, 2.45) is 0 Å². The van der Waals surface area contributed by atoms with Crippen molar-refractivity contribution in [1.29, 1.82) is 0 Å². The molecule has 0 aliphatic heterocycles. The predicted molar refractivity (Wildman–Crippen MR) is 83.8 cm³/mol. The Morgan fingerprint density at radius 3 is 2.71 bits per heavy atom. The Kier molecular flexibility index (Phi) is 5.21. The molecule has 0 unspecified atom stereocenters. The minimum absolute atomic E-state index is 0.227. The van der Waals surface area contributed by atoms with Gasteiger partial charge in [-0.15, -0.1) is 11.3 Å². The van der Waals surface area contributed by atoms with Crippen molar-refractivity contribution in [3.8, 4) is 0 Å². The first-order chi connectivity index (χ1) is 9.90. The van der Waals surface area contributed by atoms with E-state index in [1.807, 2.05) is 26.2 Å². The molecule has 5 nitrogen and oxygen atoms in total. The smallest absolute Gasteiger partial charge is 0.242 e. The van der Waals surface area contributed by atoms with Gasteiger partial charge in [0.2, 0.25) is 10.0 Å². The molecule has 0 atom stereocenters. The van der Waals surface area contributed by atoms with Crippen LogP contribution in [0, 0.1) is 6.92 Å². The third kappa shape index (κ3) is 4.16. The number of thiophene rings is 1. The molecule has 2 N–H and O–H groups in total. The van der Waals surface area contributed by atoms with Gasteiger partial charge in [-0.1, -0.05) is 13.8 Å². The van der Waals surface area contributed by atoms with Gasteiger partial charge < -0.3 is 9.73 Å². The Labute approximate surface area is 129 Å². The molecule has 2 aromatic heterocycles. The zero-order chi connectivity index (χ0) is 15.5. The summed E-state index contributed by atoms with van der Waals surface area (Å²) in [5.74, 6) is 0. The topological polar surface area (TPSA) is 71.3 Å². The van der Waals surface area contributed by atoms with Crippen molar-refractivity contribution in [2.75, 3.05) is 0 Å². The lowest BCUT2D eigenvalue weighted by Crippen LogP contribution is -2.26. The lowest BCUT2D eigenvalue weighted by Gasteiger charge is -2.11. The van der Waals surface area contributed by atoms with Gasteiger partial charge in [0.25, 0.3) is 0 Å². The van der Waals surface area contributed by atoms with Gasteiger partial charge in [0.1, 0.15) is 4.90 Å². The molecule has 0 aromatic carbocycles. The van der Waals surface area contributed by atoms with E-state index in [-0.39, 0.29) is 6.54 Å². The highest BCUT2D eigenvalue weighted by Crippen LogP contribution is 2.27. The fourth-order valence-electron chi connectivity index (χ4n) is 1.91. The van der Waals surface area contributed by atoms with Crippen molar-refractivity contribution < 1.29 is 12.8 Å². The molecule has 0 radical (unpaired) electrons. The van der Waals surface area contributed by atoms with Crippen LogP contribution in [0.4, 0.5) is 0 Å². The Morgan fingerprint density at radius 1 is 1.33 bits per heavy atom. The minimum Gasteiger partial charge on any atom is -0.472 e. The van der Waals surface area contributed by atoms with Gasteiger partial charge in [0.05, 0.1) is 12.5 Å². The third-order valence-electron chi connectivity index (χ3n) is 2.98. The molecule has 2 heterocycles. The summed E-state index contributed by atoms with van der Waals surface area (Å²) in [7, 11) is -3.52. The maximum atomic E-state index is 12.5. The molecule has 21 heavy (non-hydrogen) atoms. The standard InChI is InChI=1S/C14H20N2O3S2/c1-10(2)15-7-13-14(11(3)9-20-13)21(17,18)16-6-12-4-5-19-8-12/h4-5,8-10,15-16H,6-7H2,1-3H3. The molecule has 0 bridgehead atoms. The SMILES string of the molecule is Cc1csc(CNC(C)C)c1S(=O)(=O)NCc1ccoc1. The van der Waals surface area contributed by atoms with Crippen LogP contribution in [0.15, 0.2) is 33.3 Å². The summed E-state index contributed by atoms with van der Waals surface area (Å²) in [6.07, 6.45) is 3.06. The molecule has 0 fully saturated rings. The van der Waals surface area contributed by atoms with Crippen LogP contribution in [0.1, 0.15) is 29.9 Å². The van der Waals surface area contributed by atoms with Crippen LogP contribution in [0.25, 0.3) is 0 Å². The van der Waals surface area contributed by atoms with Gasteiger partial charge in [-0.3, -0.25) is 0 Å². The molecule has 0 aliphatic carbocycles. The maximum absolute atomic E-state index is 12.5. The first-order valence-electron chi connectivity index (χ1n) is 6.71. The Morgan fingerprint density at radius 2 is 2.10 bits per heavy atom. The average Bonchev–Trinajstić information content (AvgIpc) is 3.03. The zero-order valence-corrected chi connectivity index (χ0v) is 14.0. The number of sulfonamides is 1. The highest BCUT2D eigenvalue weighted by atomic mass is 32.2. The van der Waals surface area contributed by atoms with Crippen LogP contribution in [-0.4, -0.2) is 14.5 Å². The van der Waals surface area contributed by atoms with Gasteiger partial charge in [-0.2, -0.15) is 0 Å². The van der Waals surface area contributed by atoms with Gasteiger partial charge in [0, 0.05) is 29.6 Å². The fraction of sp³-hybridized carbons (Fsp3) is 0.429. The van der Waals surface area contributed by atoms with Crippen LogP contribution < -0.4 is 10.0 Å². The average molecular weight is 328 g/mol. The van der Waals surface area contributed by atoms with E-state index in [1.54, 1.807) is 6.07 Å². The first kappa shape index (κ1) is 16.2. The van der Waals surface area contributed by atoms with Crippen LogP contribution in [-0.2, 0) is 23.1 Å². The summed E-state index contributed by atoms with van der Waals surface area (Å²) in [6.45, 7) is 6.67. The molecule has 7 heteroatoms. The van der Waals surface area contributed by atoms with Crippen LogP contribution >= 0.6 is 11.3 Å². The van der Waals surface area contributed by atoms with Crippen molar-refractivity contribution in [2.45, 2.75) is 44.8 Å². The second-order valence-electron chi connectivity index (χ2n) is 5.16. The number of aryl methyl sites for hydroxylation is 1. The van der Waals surface area contributed by atoms with Crippen molar-refractivity contribution in [3.05, 3.63) is 40.0 Å². The van der Waals surface area contributed by atoms with E-state index in [2.05, 4.69) is 10.0 Å². The molecule has 0 saturated carbocycles. The quantitative estimate of drug-likeness (QED) is 0.819. The molecule has 0 saturated heterocycles. The third-order valence-corrected chi connectivity index (χ3v) is 5.84. The lowest BCUT2D eigenvalue weighted by molar-refractivity contribution is 0.560. The predicted octanol–water partition coefficient (Wildman–Crippen LogP) is 2.63. The zero-order valence-electron chi connectivity index (χ0n) is 12.3. The second kappa shape index (κ2) is 6.74. The summed E-state index contributed by atoms with van der Waals surface area (Å²) >= 11 is 1.47. The molecule has 2 aromatic rings. The molecular weight excluding hydrogens is 308 g/mol. The molecule has 0 spiro atoms. The number of nitrogens with one attached hydrogen (secondary N) is 2. The van der Waals surface area contributed by atoms with E-state index < -0.39 is 10.0 Å². The summed E-state index contributed by atoms with van der Waals surface area (Å²) in [5, 5.41) is 5.14. The second-order valence-corrected chi connectivity index (χ2v) is 7.83. The number of hydrogen-bond donors (Lipinski definition) is 2. The van der Waals surface area contributed by atoms with Crippen LogP contribution in [0.2, 0.25) is 0 Å². The highest BCUT2D eigenvalue weighted by molar-refractivity contribution is 7.89. The van der Waals surface area contributed by atoms with Crippen LogP contribution in [0.5, 0.6) is 0 Å². The molecule has 0 aliphatic rings. The number of hydrogen-bond acceptors (Lipinski definition) is 5. The first-order valence-corrected chi connectivity index (χ1v) is 9.07. The van der Waals surface area contributed by atoms with E-state index in [0.29, 0.717) is 17.5 Å².